The van der Waals surface area contributed by atoms with Gasteiger partial charge in [0.25, 0.3) is 0 Å². The van der Waals surface area contributed by atoms with Gasteiger partial charge < -0.3 is 14.6 Å². The van der Waals surface area contributed by atoms with E-state index in [9.17, 15) is 4.79 Å². The molecule has 1 N–H and O–H groups in total. The molecule has 1 aromatic carbocycles. The van der Waals surface area contributed by atoms with E-state index in [2.05, 4.69) is 6.58 Å². The van der Waals surface area contributed by atoms with E-state index in [1.807, 2.05) is 0 Å². The van der Waals surface area contributed by atoms with Gasteiger partial charge in [0.1, 0.15) is 17.9 Å². The third-order valence-electron chi connectivity index (χ3n) is 1.83. The molecule has 0 unspecified atom stereocenters. The number of halogens is 1. The molecule has 0 radical (unpaired) electrons. The van der Waals surface area contributed by atoms with Crippen LogP contribution in [0.4, 0.5) is 0 Å². The zero-order chi connectivity index (χ0) is 12.1. The molecular formula is C11H11ClO4. The molecule has 0 aliphatic carbocycles. The Morgan fingerprint density at radius 1 is 1.62 bits per heavy atom. The van der Waals surface area contributed by atoms with Gasteiger partial charge in [-0.2, -0.15) is 0 Å². The summed E-state index contributed by atoms with van der Waals surface area (Å²) in [7, 11) is 1.43. The summed E-state index contributed by atoms with van der Waals surface area (Å²) < 4.78 is 10.1. The highest BCUT2D eigenvalue weighted by Crippen LogP contribution is 2.33. The molecule has 0 spiro atoms. The summed E-state index contributed by atoms with van der Waals surface area (Å²) in [6.45, 7) is 3.66. The van der Waals surface area contributed by atoms with E-state index in [1.54, 1.807) is 0 Å². The molecule has 0 saturated heterocycles. The van der Waals surface area contributed by atoms with Crippen LogP contribution in [0.3, 0.4) is 0 Å². The summed E-state index contributed by atoms with van der Waals surface area (Å²) >= 11 is 5.89. The largest absolute Gasteiger partial charge is 0.497 e. The van der Waals surface area contributed by atoms with Crippen molar-refractivity contribution in [2.45, 2.75) is 0 Å². The average molecular weight is 243 g/mol. The molecule has 0 heterocycles. The molecule has 1 rings (SSSR count). The van der Waals surface area contributed by atoms with Crippen molar-refractivity contribution in [3.63, 3.8) is 0 Å². The lowest BCUT2D eigenvalue weighted by atomic mass is 10.2. The molecule has 0 saturated carbocycles. The van der Waals surface area contributed by atoms with Gasteiger partial charge >= 0.3 is 5.97 Å². The number of benzene rings is 1. The Kier molecular flexibility index (Phi) is 4.19. The molecule has 0 aliphatic heterocycles. The van der Waals surface area contributed by atoms with Gasteiger partial charge in [-0.15, -0.1) is 0 Å². The van der Waals surface area contributed by atoms with Crippen molar-refractivity contribution in [2.24, 2.45) is 0 Å². The molecule has 86 valence electrons. The van der Waals surface area contributed by atoms with Gasteiger partial charge in [-0.25, -0.2) is 4.79 Å². The fraction of sp³-hybridized carbons (Fsp3) is 0.182. The third-order valence-corrected chi connectivity index (χ3v) is 2.11. The third kappa shape index (κ3) is 2.67. The Bertz CT molecular complexity index is 415. The maximum Gasteiger partial charge on any atom is 0.339 e. The lowest BCUT2D eigenvalue weighted by Crippen LogP contribution is -2.04. The van der Waals surface area contributed by atoms with Crippen LogP contribution in [0.25, 0.3) is 0 Å². The van der Waals surface area contributed by atoms with E-state index in [4.69, 9.17) is 26.2 Å². The number of hydrogen-bond acceptors (Lipinski definition) is 3. The zero-order valence-electron chi connectivity index (χ0n) is 8.70. The number of carboxylic acids is 1. The van der Waals surface area contributed by atoms with Gasteiger partial charge in [0, 0.05) is 6.07 Å². The minimum atomic E-state index is -1.13. The highest BCUT2D eigenvalue weighted by Gasteiger charge is 2.16. The molecule has 0 aromatic heterocycles. The Labute approximate surface area is 98.1 Å². The molecule has 5 heteroatoms. The Balaban J connectivity index is 3.22. The second kappa shape index (κ2) is 5.42. The summed E-state index contributed by atoms with van der Waals surface area (Å²) in [4.78, 5) is 11.0. The number of methoxy groups -OCH3 is 1. The van der Waals surface area contributed by atoms with E-state index < -0.39 is 5.97 Å². The van der Waals surface area contributed by atoms with Crippen molar-refractivity contribution in [1.29, 1.82) is 0 Å². The normalized spacial score (nSPS) is 9.62. The van der Waals surface area contributed by atoms with Gasteiger partial charge in [0.05, 0.1) is 12.1 Å². The van der Waals surface area contributed by atoms with E-state index in [0.717, 1.165) is 0 Å². The van der Waals surface area contributed by atoms with Gasteiger partial charge in [-0.05, 0) is 6.07 Å². The average Bonchev–Trinajstić information content (AvgIpc) is 2.26. The monoisotopic (exact) mass is 242 g/mol. The van der Waals surface area contributed by atoms with Crippen molar-refractivity contribution in [3.8, 4) is 11.5 Å². The minimum Gasteiger partial charge on any atom is -0.497 e. The van der Waals surface area contributed by atoms with E-state index in [1.165, 1.54) is 25.3 Å². The topological polar surface area (TPSA) is 55.8 Å². The van der Waals surface area contributed by atoms with E-state index in [0.29, 0.717) is 5.75 Å². The predicted octanol–water partition coefficient (Wildman–Crippen LogP) is 2.61. The van der Waals surface area contributed by atoms with Crippen LogP contribution in [0.15, 0.2) is 24.8 Å². The van der Waals surface area contributed by atoms with Crippen LogP contribution in [0.2, 0.25) is 5.02 Å². The zero-order valence-corrected chi connectivity index (χ0v) is 9.45. The lowest BCUT2D eigenvalue weighted by molar-refractivity contribution is 0.0692. The first-order valence-corrected chi connectivity index (χ1v) is 4.82. The van der Waals surface area contributed by atoms with Crippen LogP contribution in [-0.4, -0.2) is 24.8 Å². The number of carbonyl (C=O) groups is 1. The van der Waals surface area contributed by atoms with Crippen molar-refractivity contribution < 1.29 is 19.4 Å². The summed E-state index contributed by atoms with van der Waals surface area (Å²) in [5.74, 6) is -0.636. The standard InChI is InChI=1S/C11H11ClO4/c1-3-4-16-10-8(11(13)14)5-7(15-2)6-9(10)12/h3,5-6H,1,4H2,2H3,(H,13,14). The fourth-order valence-corrected chi connectivity index (χ4v) is 1.40. The summed E-state index contributed by atoms with van der Waals surface area (Å²) in [6, 6.07) is 2.85. The Hall–Kier alpha value is -1.68. The van der Waals surface area contributed by atoms with Crippen LogP contribution in [0.5, 0.6) is 11.5 Å². The summed E-state index contributed by atoms with van der Waals surface area (Å²) in [5.41, 5.74) is -0.0359. The highest BCUT2D eigenvalue weighted by molar-refractivity contribution is 6.32. The molecule has 1 aromatic rings. The smallest absolute Gasteiger partial charge is 0.339 e. The van der Waals surface area contributed by atoms with Crippen molar-refractivity contribution in [3.05, 3.63) is 35.4 Å². The first-order chi connectivity index (χ1) is 7.60. The predicted molar refractivity (Wildman–Crippen MR) is 60.7 cm³/mol. The molecular weight excluding hydrogens is 232 g/mol. The van der Waals surface area contributed by atoms with Gasteiger partial charge in [0.15, 0.2) is 5.75 Å². The number of aromatic carboxylic acids is 1. The Morgan fingerprint density at radius 2 is 2.31 bits per heavy atom. The lowest BCUT2D eigenvalue weighted by Gasteiger charge is -2.11. The molecule has 0 atom stereocenters. The van der Waals surface area contributed by atoms with E-state index >= 15 is 0 Å². The van der Waals surface area contributed by atoms with Crippen LogP contribution in [0, 0.1) is 0 Å². The van der Waals surface area contributed by atoms with Crippen molar-refractivity contribution in [1.82, 2.24) is 0 Å². The minimum absolute atomic E-state index is 0.0359. The van der Waals surface area contributed by atoms with Gasteiger partial charge in [0.2, 0.25) is 0 Å². The maximum atomic E-state index is 11.0. The molecule has 0 fully saturated rings. The Morgan fingerprint density at radius 3 is 2.81 bits per heavy atom. The first-order valence-electron chi connectivity index (χ1n) is 4.44. The number of carboxylic acid groups (broad SMARTS) is 1. The van der Waals surface area contributed by atoms with Gasteiger partial charge in [-0.1, -0.05) is 24.3 Å². The highest BCUT2D eigenvalue weighted by atomic mass is 35.5. The molecule has 0 aliphatic rings. The SMILES string of the molecule is C=CCOc1c(Cl)cc(OC)cc1C(=O)O. The number of ether oxygens (including phenoxy) is 2. The first kappa shape index (κ1) is 12.4. The van der Waals surface area contributed by atoms with Gasteiger partial charge in [-0.3, -0.25) is 0 Å². The maximum absolute atomic E-state index is 11.0. The summed E-state index contributed by atoms with van der Waals surface area (Å²) in [6.07, 6.45) is 1.51. The van der Waals surface area contributed by atoms with Crippen LogP contribution in [-0.2, 0) is 0 Å². The van der Waals surface area contributed by atoms with Crippen molar-refractivity contribution >= 4 is 17.6 Å². The van der Waals surface area contributed by atoms with Crippen LogP contribution >= 0.6 is 11.6 Å². The number of rotatable bonds is 5. The van der Waals surface area contributed by atoms with Crippen LogP contribution < -0.4 is 9.47 Å². The molecule has 0 amide bonds. The second-order valence-electron chi connectivity index (χ2n) is 2.89. The van der Waals surface area contributed by atoms with Crippen molar-refractivity contribution in [2.75, 3.05) is 13.7 Å². The molecule has 16 heavy (non-hydrogen) atoms. The summed E-state index contributed by atoms with van der Waals surface area (Å²) in [5, 5.41) is 9.18. The van der Waals surface area contributed by atoms with E-state index in [-0.39, 0.29) is 22.9 Å². The second-order valence-corrected chi connectivity index (χ2v) is 3.30. The molecule has 0 bridgehead atoms. The quantitative estimate of drug-likeness (QED) is 0.807. The molecule has 4 nitrogen and oxygen atoms in total. The van der Waals surface area contributed by atoms with Crippen LogP contribution in [0.1, 0.15) is 10.4 Å². The fourth-order valence-electron chi connectivity index (χ4n) is 1.13. The number of hydrogen-bond donors (Lipinski definition) is 1.